The van der Waals surface area contributed by atoms with Crippen molar-refractivity contribution in [3.05, 3.63) is 77.6 Å². The van der Waals surface area contributed by atoms with Gasteiger partial charge in [-0.15, -0.1) is 0 Å². The molecule has 4 heteroatoms. The Bertz CT molecular complexity index is 1150. The van der Waals surface area contributed by atoms with E-state index in [4.69, 9.17) is 0 Å². The first-order valence-corrected chi connectivity index (χ1v) is 14.0. The van der Waals surface area contributed by atoms with Crippen LogP contribution in [0.15, 0.2) is 54.6 Å². The Kier molecular flexibility index (Phi) is 9.71. The van der Waals surface area contributed by atoms with Gasteiger partial charge in [0.15, 0.2) is 11.6 Å². The van der Waals surface area contributed by atoms with Crippen molar-refractivity contribution in [2.75, 3.05) is 0 Å². The Hall–Kier alpha value is -2.75. The van der Waals surface area contributed by atoms with Crippen molar-refractivity contribution in [1.82, 2.24) is 0 Å². The van der Waals surface area contributed by atoms with E-state index in [0.717, 1.165) is 41.5 Å². The Morgan fingerprint density at radius 3 is 1.97 bits per heavy atom. The largest absolute Gasteiger partial charge is 0.505 e. The SMILES string of the molecule is CCCCCCCCCC1CCC(c2ccc(-c3ccc(-c4ccc(O)c(F)c4F)cc3)cc2F)CC1. The lowest BCUT2D eigenvalue weighted by molar-refractivity contribution is 0.298. The van der Waals surface area contributed by atoms with E-state index in [1.54, 1.807) is 30.3 Å². The molecule has 198 valence electrons. The summed E-state index contributed by atoms with van der Waals surface area (Å²) in [7, 11) is 0. The fourth-order valence-corrected chi connectivity index (χ4v) is 5.79. The second kappa shape index (κ2) is 13.2. The first-order valence-electron chi connectivity index (χ1n) is 14.0. The molecule has 0 saturated heterocycles. The number of benzene rings is 3. The van der Waals surface area contributed by atoms with E-state index in [1.165, 1.54) is 70.3 Å². The molecule has 37 heavy (non-hydrogen) atoms. The molecule has 4 rings (SSSR count). The lowest BCUT2D eigenvalue weighted by atomic mass is 9.76. The molecule has 1 aliphatic carbocycles. The molecule has 0 heterocycles. The van der Waals surface area contributed by atoms with E-state index in [1.807, 2.05) is 12.1 Å². The highest BCUT2D eigenvalue weighted by molar-refractivity contribution is 5.71. The lowest BCUT2D eigenvalue weighted by Gasteiger charge is -2.29. The predicted molar refractivity (Wildman–Crippen MR) is 146 cm³/mol. The fourth-order valence-electron chi connectivity index (χ4n) is 5.79. The van der Waals surface area contributed by atoms with Gasteiger partial charge in [-0.05, 0) is 78.0 Å². The summed E-state index contributed by atoms with van der Waals surface area (Å²) in [5, 5.41) is 9.34. The van der Waals surface area contributed by atoms with Gasteiger partial charge in [0.2, 0.25) is 5.82 Å². The summed E-state index contributed by atoms with van der Waals surface area (Å²) in [6, 6.07) is 14.9. The van der Waals surface area contributed by atoms with Gasteiger partial charge in [0, 0.05) is 5.56 Å². The molecule has 0 unspecified atom stereocenters. The van der Waals surface area contributed by atoms with Crippen molar-refractivity contribution < 1.29 is 18.3 Å². The van der Waals surface area contributed by atoms with Crippen molar-refractivity contribution in [3.63, 3.8) is 0 Å². The highest BCUT2D eigenvalue weighted by Gasteiger charge is 2.24. The van der Waals surface area contributed by atoms with Gasteiger partial charge in [0.05, 0.1) is 0 Å². The molecule has 1 fully saturated rings. The third-order valence-corrected chi connectivity index (χ3v) is 8.09. The van der Waals surface area contributed by atoms with E-state index >= 15 is 4.39 Å². The summed E-state index contributed by atoms with van der Waals surface area (Å²) in [6.45, 7) is 2.25. The first-order chi connectivity index (χ1) is 18.0. The van der Waals surface area contributed by atoms with Crippen LogP contribution in [-0.4, -0.2) is 5.11 Å². The van der Waals surface area contributed by atoms with Gasteiger partial charge in [-0.1, -0.05) is 94.7 Å². The molecular weight excluding hydrogens is 469 g/mol. The summed E-state index contributed by atoms with van der Waals surface area (Å²) in [5.41, 5.74) is 2.96. The zero-order chi connectivity index (χ0) is 26.2. The average molecular weight is 509 g/mol. The van der Waals surface area contributed by atoms with Gasteiger partial charge in [0.25, 0.3) is 0 Å². The molecule has 1 aliphatic rings. The topological polar surface area (TPSA) is 20.2 Å². The molecule has 0 spiro atoms. The molecule has 1 nitrogen and oxygen atoms in total. The van der Waals surface area contributed by atoms with Crippen molar-refractivity contribution in [2.24, 2.45) is 5.92 Å². The van der Waals surface area contributed by atoms with Crippen molar-refractivity contribution in [1.29, 1.82) is 0 Å². The van der Waals surface area contributed by atoms with Gasteiger partial charge in [-0.3, -0.25) is 0 Å². The lowest BCUT2D eigenvalue weighted by Crippen LogP contribution is -2.14. The number of phenols is 1. The van der Waals surface area contributed by atoms with E-state index in [9.17, 15) is 13.9 Å². The summed E-state index contributed by atoms with van der Waals surface area (Å²) in [5.74, 6) is -2.14. The van der Waals surface area contributed by atoms with Crippen LogP contribution in [0.5, 0.6) is 5.75 Å². The quantitative estimate of drug-likeness (QED) is 0.255. The van der Waals surface area contributed by atoms with Crippen LogP contribution in [0.25, 0.3) is 22.3 Å². The molecule has 0 aromatic heterocycles. The van der Waals surface area contributed by atoms with E-state index in [-0.39, 0.29) is 17.3 Å². The molecule has 0 radical (unpaired) electrons. The third-order valence-electron chi connectivity index (χ3n) is 8.09. The molecule has 0 atom stereocenters. The maximum atomic E-state index is 15.2. The summed E-state index contributed by atoms with van der Waals surface area (Å²) < 4.78 is 43.1. The standard InChI is InChI=1S/C33H39F3O/c1-2-3-4-5-6-7-8-9-23-10-12-25(13-11-23)28-19-18-27(22-30(28)34)24-14-16-26(17-15-24)29-20-21-31(37)33(36)32(29)35/h14-23,25,37H,2-13H2,1H3. The number of hydrogen-bond acceptors (Lipinski definition) is 1. The Labute approximate surface area is 219 Å². The minimum absolute atomic E-state index is 0.0750. The average Bonchev–Trinajstić information content (AvgIpc) is 2.92. The third kappa shape index (κ3) is 6.97. The van der Waals surface area contributed by atoms with Gasteiger partial charge >= 0.3 is 0 Å². The molecule has 0 aliphatic heterocycles. The van der Waals surface area contributed by atoms with E-state index in [0.29, 0.717) is 5.56 Å². The molecule has 3 aromatic carbocycles. The Balaban J connectivity index is 1.31. The smallest absolute Gasteiger partial charge is 0.200 e. The highest BCUT2D eigenvalue weighted by Crippen LogP contribution is 2.39. The maximum absolute atomic E-state index is 15.2. The zero-order valence-electron chi connectivity index (χ0n) is 21.9. The monoisotopic (exact) mass is 508 g/mol. The van der Waals surface area contributed by atoms with Crippen LogP contribution in [0.1, 0.15) is 95.5 Å². The molecular formula is C33H39F3O. The van der Waals surface area contributed by atoms with Crippen LogP contribution in [0.4, 0.5) is 13.2 Å². The zero-order valence-corrected chi connectivity index (χ0v) is 21.9. The van der Waals surface area contributed by atoms with E-state index in [2.05, 4.69) is 6.92 Å². The van der Waals surface area contributed by atoms with Crippen molar-refractivity contribution in [2.45, 2.75) is 89.9 Å². The predicted octanol–water partition coefficient (Wildman–Crippen LogP) is 10.6. The maximum Gasteiger partial charge on any atom is 0.200 e. The second-order valence-corrected chi connectivity index (χ2v) is 10.7. The van der Waals surface area contributed by atoms with Crippen LogP contribution in [0.3, 0.4) is 0 Å². The molecule has 0 amide bonds. The van der Waals surface area contributed by atoms with Crippen molar-refractivity contribution in [3.8, 4) is 28.0 Å². The molecule has 0 bridgehead atoms. The number of phenolic OH excluding ortho intramolecular Hbond substituents is 1. The Morgan fingerprint density at radius 1 is 0.676 bits per heavy atom. The number of aromatic hydroxyl groups is 1. The van der Waals surface area contributed by atoms with E-state index < -0.39 is 17.4 Å². The fraction of sp³-hybridized carbons (Fsp3) is 0.455. The summed E-state index contributed by atoms with van der Waals surface area (Å²) >= 11 is 0. The number of hydrogen-bond donors (Lipinski definition) is 1. The number of unbranched alkanes of at least 4 members (excludes halogenated alkanes) is 6. The molecule has 3 aromatic rings. The minimum atomic E-state index is -1.26. The minimum Gasteiger partial charge on any atom is -0.505 e. The van der Waals surface area contributed by atoms with Gasteiger partial charge < -0.3 is 5.11 Å². The highest BCUT2D eigenvalue weighted by atomic mass is 19.2. The number of rotatable bonds is 11. The summed E-state index contributed by atoms with van der Waals surface area (Å²) in [6.07, 6.45) is 15.3. The van der Waals surface area contributed by atoms with Gasteiger partial charge in [0.1, 0.15) is 5.82 Å². The van der Waals surface area contributed by atoms with Crippen LogP contribution in [0, 0.1) is 23.4 Å². The van der Waals surface area contributed by atoms with Gasteiger partial charge in [-0.2, -0.15) is 4.39 Å². The normalized spacial score (nSPS) is 17.7. The van der Waals surface area contributed by atoms with Crippen LogP contribution < -0.4 is 0 Å². The first kappa shape index (κ1) is 27.3. The van der Waals surface area contributed by atoms with Crippen molar-refractivity contribution >= 4 is 0 Å². The number of halogens is 3. The van der Waals surface area contributed by atoms with Crippen LogP contribution >= 0.6 is 0 Å². The van der Waals surface area contributed by atoms with Crippen LogP contribution in [0.2, 0.25) is 0 Å². The molecule has 1 saturated carbocycles. The summed E-state index contributed by atoms with van der Waals surface area (Å²) in [4.78, 5) is 0. The van der Waals surface area contributed by atoms with Gasteiger partial charge in [-0.25, -0.2) is 8.78 Å². The van der Waals surface area contributed by atoms with Crippen LogP contribution in [-0.2, 0) is 0 Å². The molecule has 1 N–H and O–H groups in total. The Morgan fingerprint density at radius 2 is 1.30 bits per heavy atom. The second-order valence-electron chi connectivity index (χ2n) is 10.7.